The van der Waals surface area contributed by atoms with Gasteiger partial charge >= 0.3 is 0 Å². The van der Waals surface area contributed by atoms with Crippen molar-refractivity contribution in [1.29, 1.82) is 0 Å². The Labute approximate surface area is 190 Å². The number of aromatic nitrogens is 3. The highest BCUT2D eigenvalue weighted by Crippen LogP contribution is 2.39. The van der Waals surface area contributed by atoms with Gasteiger partial charge in [-0.2, -0.15) is 4.73 Å². The third-order valence-corrected chi connectivity index (χ3v) is 6.11. The smallest absolute Gasteiger partial charge is 0.256 e. The van der Waals surface area contributed by atoms with E-state index in [9.17, 15) is 18.8 Å². The van der Waals surface area contributed by atoms with Gasteiger partial charge in [0.15, 0.2) is 18.2 Å². The number of carbonyl (C=O) groups is 1. The van der Waals surface area contributed by atoms with Crippen LogP contribution < -0.4 is 14.8 Å². The minimum absolute atomic E-state index is 0.126. The number of hydrogen-bond acceptors (Lipinski definition) is 5. The molecule has 3 atom stereocenters. The number of halogens is 2. The standard InChI is InChI=1S/C24H24F2N4O3/c1-15(17-3-2-4-18(11-17)16-7-9-30(32)10-8-16)23(31)29-22-6-5-20(14-27-22)33-24-21(26)12-19(25)13-28-24/h5-10,12-15,17-18H,2-4,11H2,1H3,(H,27,29,31)/t15-,17-,18+/m0/s1. The molecule has 0 radical (unpaired) electrons. The van der Waals surface area contributed by atoms with Crippen LogP contribution in [0.1, 0.15) is 44.1 Å². The van der Waals surface area contributed by atoms with Crippen LogP contribution in [0.25, 0.3) is 0 Å². The summed E-state index contributed by atoms with van der Waals surface area (Å²) in [5.74, 6) is -1.32. The SMILES string of the molecule is C[C@H](C(=O)Nc1ccc(Oc2ncc(F)cc2F)cn1)[C@H]1CCC[C@@H](c2cc[n+]([O-])cc2)C1. The van der Waals surface area contributed by atoms with Gasteiger partial charge in [-0.3, -0.25) is 4.79 Å². The Balaban J connectivity index is 1.34. The van der Waals surface area contributed by atoms with E-state index in [2.05, 4.69) is 15.3 Å². The predicted octanol–water partition coefficient (Wildman–Crippen LogP) is 4.73. The molecule has 0 bridgehead atoms. The van der Waals surface area contributed by atoms with Crippen LogP contribution in [0, 0.1) is 28.7 Å². The highest BCUT2D eigenvalue weighted by molar-refractivity contribution is 5.91. The predicted molar refractivity (Wildman–Crippen MR) is 116 cm³/mol. The Hall–Kier alpha value is -3.62. The Bertz CT molecular complexity index is 1110. The minimum atomic E-state index is -0.922. The zero-order chi connectivity index (χ0) is 23.4. The van der Waals surface area contributed by atoms with Gasteiger partial charge in [0.2, 0.25) is 5.91 Å². The van der Waals surface area contributed by atoms with Gasteiger partial charge < -0.3 is 15.3 Å². The second-order valence-electron chi connectivity index (χ2n) is 8.31. The van der Waals surface area contributed by atoms with Crippen LogP contribution in [0.4, 0.5) is 14.6 Å². The Kier molecular flexibility index (Phi) is 6.76. The van der Waals surface area contributed by atoms with Crippen LogP contribution in [0.15, 0.2) is 55.1 Å². The van der Waals surface area contributed by atoms with Gasteiger partial charge in [-0.25, -0.2) is 18.7 Å². The molecular formula is C24H24F2N4O3. The number of amides is 1. The molecule has 1 aliphatic carbocycles. The lowest BCUT2D eigenvalue weighted by atomic mass is 9.73. The number of rotatable bonds is 6. The van der Waals surface area contributed by atoms with E-state index in [0.717, 1.165) is 42.2 Å². The summed E-state index contributed by atoms with van der Waals surface area (Å²) < 4.78 is 32.7. The molecule has 33 heavy (non-hydrogen) atoms. The third kappa shape index (κ3) is 5.60. The van der Waals surface area contributed by atoms with Crippen LogP contribution in [0.2, 0.25) is 0 Å². The molecule has 0 saturated heterocycles. The largest absolute Gasteiger partial charge is 0.619 e. The molecule has 4 rings (SSSR count). The van der Waals surface area contributed by atoms with E-state index in [4.69, 9.17) is 4.74 Å². The van der Waals surface area contributed by atoms with E-state index in [1.165, 1.54) is 24.7 Å². The summed E-state index contributed by atoms with van der Waals surface area (Å²) in [5, 5.41) is 14.1. The summed E-state index contributed by atoms with van der Waals surface area (Å²) in [6.07, 6.45) is 9.12. The summed E-state index contributed by atoms with van der Waals surface area (Å²) in [6, 6.07) is 7.45. The molecule has 1 amide bonds. The number of carbonyl (C=O) groups excluding carboxylic acids is 1. The molecule has 0 aliphatic heterocycles. The summed E-state index contributed by atoms with van der Waals surface area (Å²) in [6.45, 7) is 1.92. The van der Waals surface area contributed by atoms with Gasteiger partial charge in [0, 0.05) is 24.1 Å². The number of ether oxygens (including phenoxy) is 1. The monoisotopic (exact) mass is 454 g/mol. The lowest BCUT2D eigenvalue weighted by Crippen LogP contribution is -2.30. The summed E-state index contributed by atoms with van der Waals surface area (Å²) in [5.41, 5.74) is 1.13. The van der Waals surface area contributed by atoms with E-state index >= 15 is 0 Å². The first-order valence-electron chi connectivity index (χ1n) is 10.8. The van der Waals surface area contributed by atoms with Crippen LogP contribution in [0.5, 0.6) is 11.6 Å². The zero-order valence-corrected chi connectivity index (χ0v) is 18.1. The van der Waals surface area contributed by atoms with Gasteiger partial charge in [0.25, 0.3) is 5.88 Å². The molecular weight excluding hydrogens is 430 g/mol. The maximum absolute atomic E-state index is 13.7. The van der Waals surface area contributed by atoms with Crippen molar-refractivity contribution < 1.29 is 23.0 Å². The van der Waals surface area contributed by atoms with Crippen LogP contribution in [-0.2, 0) is 4.79 Å². The van der Waals surface area contributed by atoms with Gasteiger partial charge in [-0.1, -0.05) is 13.3 Å². The van der Waals surface area contributed by atoms with Crippen molar-refractivity contribution in [2.45, 2.75) is 38.5 Å². The molecule has 172 valence electrons. The Morgan fingerprint density at radius 2 is 1.97 bits per heavy atom. The van der Waals surface area contributed by atoms with E-state index in [1.807, 2.05) is 19.1 Å². The van der Waals surface area contributed by atoms with Crippen molar-refractivity contribution in [3.8, 4) is 11.6 Å². The highest BCUT2D eigenvalue weighted by atomic mass is 19.1. The molecule has 7 nitrogen and oxygen atoms in total. The normalized spacial score (nSPS) is 19.0. The second kappa shape index (κ2) is 9.89. The van der Waals surface area contributed by atoms with Crippen LogP contribution in [0.3, 0.4) is 0 Å². The number of hydrogen-bond donors (Lipinski definition) is 1. The fourth-order valence-corrected chi connectivity index (χ4v) is 4.24. The molecule has 3 heterocycles. The van der Waals surface area contributed by atoms with Crippen LogP contribution in [-0.4, -0.2) is 15.9 Å². The topological polar surface area (TPSA) is 91.0 Å². The Morgan fingerprint density at radius 3 is 2.67 bits per heavy atom. The maximum atomic E-state index is 13.7. The van der Waals surface area contributed by atoms with Gasteiger partial charge in [0.05, 0.1) is 12.4 Å². The van der Waals surface area contributed by atoms with E-state index < -0.39 is 11.6 Å². The van der Waals surface area contributed by atoms with Gasteiger partial charge in [0.1, 0.15) is 17.4 Å². The van der Waals surface area contributed by atoms with Gasteiger partial charge in [-0.15, -0.1) is 0 Å². The Morgan fingerprint density at radius 1 is 1.18 bits per heavy atom. The average Bonchev–Trinajstić information content (AvgIpc) is 2.82. The fraction of sp³-hybridized carbons (Fsp3) is 0.333. The van der Waals surface area contributed by atoms with Crippen molar-refractivity contribution in [2.24, 2.45) is 11.8 Å². The molecule has 9 heteroatoms. The van der Waals surface area contributed by atoms with Gasteiger partial charge in [-0.05, 0) is 48.8 Å². The van der Waals surface area contributed by atoms with Crippen molar-refractivity contribution >= 4 is 11.7 Å². The van der Waals surface area contributed by atoms with Crippen molar-refractivity contribution in [3.63, 3.8) is 0 Å². The lowest BCUT2D eigenvalue weighted by Gasteiger charge is -2.32. The second-order valence-corrected chi connectivity index (χ2v) is 8.31. The average molecular weight is 454 g/mol. The first-order chi connectivity index (χ1) is 15.9. The number of nitrogens with zero attached hydrogens (tertiary/aromatic N) is 3. The lowest BCUT2D eigenvalue weighted by molar-refractivity contribution is -0.605. The molecule has 1 N–H and O–H groups in total. The summed E-state index contributed by atoms with van der Waals surface area (Å²) in [4.78, 5) is 20.5. The van der Waals surface area contributed by atoms with Crippen molar-refractivity contribution in [3.05, 3.63) is 77.5 Å². The quantitative estimate of drug-likeness (QED) is 0.430. The maximum Gasteiger partial charge on any atom is 0.256 e. The fourth-order valence-electron chi connectivity index (χ4n) is 4.24. The number of nitrogens with one attached hydrogen (secondary N) is 1. The third-order valence-electron chi connectivity index (χ3n) is 6.11. The number of anilines is 1. The molecule has 1 saturated carbocycles. The van der Waals surface area contributed by atoms with Crippen LogP contribution >= 0.6 is 0 Å². The zero-order valence-electron chi connectivity index (χ0n) is 18.1. The molecule has 3 aromatic heterocycles. The highest BCUT2D eigenvalue weighted by Gasteiger charge is 2.31. The molecule has 0 unspecified atom stereocenters. The minimum Gasteiger partial charge on any atom is -0.619 e. The molecule has 0 spiro atoms. The summed E-state index contributed by atoms with van der Waals surface area (Å²) in [7, 11) is 0. The molecule has 1 aliphatic rings. The van der Waals surface area contributed by atoms with Crippen molar-refractivity contribution in [1.82, 2.24) is 9.97 Å². The molecule has 1 fully saturated rings. The van der Waals surface area contributed by atoms with E-state index in [1.54, 1.807) is 6.07 Å². The molecule has 3 aromatic rings. The summed E-state index contributed by atoms with van der Waals surface area (Å²) >= 11 is 0. The van der Waals surface area contributed by atoms with E-state index in [-0.39, 0.29) is 29.4 Å². The van der Waals surface area contributed by atoms with Crippen molar-refractivity contribution in [2.75, 3.05) is 5.32 Å². The first kappa shape index (κ1) is 22.6. The molecule has 0 aromatic carbocycles. The van der Waals surface area contributed by atoms with E-state index in [0.29, 0.717) is 17.8 Å². The number of pyridine rings is 3. The first-order valence-corrected chi connectivity index (χ1v) is 10.8.